The molecule has 32 heavy (non-hydrogen) atoms. The number of rotatable bonds is 7. The zero-order valence-electron chi connectivity index (χ0n) is 17.5. The van der Waals surface area contributed by atoms with E-state index in [2.05, 4.69) is 14.9 Å². The Balaban J connectivity index is 1.26. The number of nitrogens with zero attached hydrogens (tertiary/aromatic N) is 4. The van der Waals surface area contributed by atoms with Crippen LogP contribution < -0.4 is 4.74 Å². The van der Waals surface area contributed by atoms with Gasteiger partial charge in [0, 0.05) is 31.4 Å². The van der Waals surface area contributed by atoms with Crippen LogP contribution in [-0.2, 0) is 4.74 Å². The van der Waals surface area contributed by atoms with Gasteiger partial charge >= 0.3 is 0 Å². The predicted octanol–water partition coefficient (Wildman–Crippen LogP) is 5.17. The van der Waals surface area contributed by atoms with Gasteiger partial charge in [0.15, 0.2) is 10.8 Å². The molecule has 5 rings (SSSR count). The number of hydrogen-bond acceptors (Lipinski definition) is 7. The number of morpholine rings is 1. The van der Waals surface area contributed by atoms with Gasteiger partial charge in [0.05, 0.1) is 24.7 Å². The van der Waals surface area contributed by atoms with Crippen LogP contribution in [0.3, 0.4) is 0 Å². The molecule has 4 aromatic rings. The molecule has 1 aliphatic heterocycles. The minimum absolute atomic E-state index is 0.371. The van der Waals surface area contributed by atoms with Crippen molar-refractivity contribution in [2.45, 2.75) is 6.42 Å². The molecule has 0 atom stereocenters. The molecule has 6 nitrogen and oxygen atoms in total. The van der Waals surface area contributed by atoms with E-state index in [1.165, 1.54) is 0 Å². The molecule has 1 fully saturated rings. The van der Waals surface area contributed by atoms with Gasteiger partial charge in [-0.3, -0.25) is 4.90 Å². The summed E-state index contributed by atoms with van der Waals surface area (Å²) in [6, 6.07) is 14.1. The zero-order chi connectivity index (χ0) is 21.8. The number of hydrogen-bond donors (Lipinski definition) is 0. The number of ether oxygens (including phenoxy) is 2. The average molecular weight is 467 g/mol. The van der Waals surface area contributed by atoms with E-state index in [0.717, 1.165) is 66.5 Å². The van der Waals surface area contributed by atoms with Crippen molar-refractivity contribution in [1.29, 1.82) is 0 Å². The third-order valence-corrected chi connectivity index (χ3v) is 6.55. The molecule has 4 heterocycles. The zero-order valence-corrected chi connectivity index (χ0v) is 19.1. The quantitative estimate of drug-likeness (QED) is 0.350. The van der Waals surface area contributed by atoms with Crippen LogP contribution in [0, 0.1) is 0 Å². The summed E-state index contributed by atoms with van der Waals surface area (Å²) in [5.41, 5.74) is 3.98. The van der Waals surface area contributed by atoms with Crippen molar-refractivity contribution in [1.82, 2.24) is 19.9 Å². The molecule has 1 aliphatic rings. The highest BCUT2D eigenvalue weighted by Crippen LogP contribution is 2.31. The van der Waals surface area contributed by atoms with E-state index in [1.54, 1.807) is 17.5 Å². The highest BCUT2D eigenvalue weighted by Gasteiger charge is 2.12. The fourth-order valence-electron chi connectivity index (χ4n) is 3.70. The van der Waals surface area contributed by atoms with E-state index < -0.39 is 0 Å². The summed E-state index contributed by atoms with van der Waals surface area (Å²) in [6.07, 6.45) is 2.81. The van der Waals surface area contributed by atoms with Crippen molar-refractivity contribution in [2.75, 3.05) is 39.5 Å². The van der Waals surface area contributed by atoms with Crippen molar-refractivity contribution in [3.63, 3.8) is 0 Å². The topological polar surface area (TPSA) is 60.4 Å². The normalized spacial score (nSPS) is 14.7. The number of benzene rings is 1. The minimum Gasteiger partial charge on any atom is -0.494 e. The maximum absolute atomic E-state index is 6.34. The van der Waals surface area contributed by atoms with E-state index >= 15 is 0 Å². The highest BCUT2D eigenvalue weighted by atomic mass is 35.5. The molecule has 0 radical (unpaired) electrons. The molecule has 3 aromatic heterocycles. The highest BCUT2D eigenvalue weighted by molar-refractivity contribution is 7.13. The molecule has 0 amide bonds. The molecule has 0 spiro atoms. The largest absolute Gasteiger partial charge is 0.494 e. The van der Waals surface area contributed by atoms with Gasteiger partial charge in [-0.1, -0.05) is 29.8 Å². The van der Waals surface area contributed by atoms with Gasteiger partial charge in [0.2, 0.25) is 0 Å². The van der Waals surface area contributed by atoms with Crippen molar-refractivity contribution in [2.24, 2.45) is 0 Å². The molecule has 0 saturated carbocycles. The third-order valence-electron chi connectivity index (χ3n) is 5.41. The Morgan fingerprint density at radius 2 is 1.91 bits per heavy atom. The Bertz CT molecular complexity index is 1180. The second kappa shape index (κ2) is 9.92. The lowest BCUT2D eigenvalue weighted by Gasteiger charge is -2.26. The van der Waals surface area contributed by atoms with Gasteiger partial charge in [-0.15, -0.1) is 11.3 Å². The molecule has 164 valence electrons. The first-order valence-electron chi connectivity index (χ1n) is 10.7. The summed E-state index contributed by atoms with van der Waals surface area (Å²) >= 11 is 7.92. The van der Waals surface area contributed by atoms with E-state index in [4.69, 9.17) is 26.1 Å². The van der Waals surface area contributed by atoms with Crippen LogP contribution in [-0.4, -0.2) is 59.3 Å². The van der Waals surface area contributed by atoms with E-state index in [0.29, 0.717) is 23.1 Å². The predicted molar refractivity (Wildman–Crippen MR) is 128 cm³/mol. The smallest absolute Gasteiger partial charge is 0.179 e. The maximum atomic E-state index is 6.34. The van der Waals surface area contributed by atoms with Crippen molar-refractivity contribution >= 4 is 34.1 Å². The van der Waals surface area contributed by atoms with Gasteiger partial charge in [-0.05, 0) is 41.6 Å². The van der Waals surface area contributed by atoms with Crippen LogP contribution in [0.25, 0.3) is 32.9 Å². The van der Waals surface area contributed by atoms with Gasteiger partial charge in [0.1, 0.15) is 17.0 Å². The third kappa shape index (κ3) is 4.91. The standard InChI is InChI=1S/C24H23ClN4O2S/c25-23-22(21-3-1-14-32-21)27-20-15-18(16-26-24(20)28-23)17-4-6-19(7-5-17)31-11-2-8-29-9-12-30-13-10-29/h1,3-7,14-16H,2,8-13H2. The molecule has 0 unspecified atom stereocenters. The Morgan fingerprint density at radius 1 is 1.06 bits per heavy atom. The summed E-state index contributed by atoms with van der Waals surface area (Å²) in [4.78, 5) is 17.0. The van der Waals surface area contributed by atoms with Crippen LogP contribution in [0.2, 0.25) is 5.15 Å². The fraction of sp³-hybridized carbons (Fsp3) is 0.292. The second-order valence-electron chi connectivity index (χ2n) is 7.59. The molecular formula is C24H23ClN4O2S. The van der Waals surface area contributed by atoms with Gasteiger partial charge in [-0.25, -0.2) is 15.0 Å². The lowest BCUT2D eigenvalue weighted by Crippen LogP contribution is -2.37. The fourth-order valence-corrected chi connectivity index (χ4v) is 4.70. The first kappa shape index (κ1) is 21.3. The van der Waals surface area contributed by atoms with Crippen LogP contribution in [0.15, 0.2) is 54.0 Å². The van der Waals surface area contributed by atoms with Gasteiger partial charge in [0.25, 0.3) is 0 Å². The Kier molecular flexibility index (Phi) is 6.59. The van der Waals surface area contributed by atoms with Crippen molar-refractivity contribution < 1.29 is 9.47 Å². The monoisotopic (exact) mass is 466 g/mol. The molecule has 0 aliphatic carbocycles. The van der Waals surface area contributed by atoms with Gasteiger partial charge < -0.3 is 9.47 Å². The van der Waals surface area contributed by atoms with E-state index in [-0.39, 0.29) is 0 Å². The Morgan fingerprint density at radius 3 is 2.69 bits per heavy atom. The summed E-state index contributed by atoms with van der Waals surface area (Å²) < 4.78 is 11.3. The van der Waals surface area contributed by atoms with Crippen LogP contribution in [0.1, 0.15) is 6.42 Å². The summed E-state index contributed by atoms with van der Waals surface area (Å²) in [6.45, 7) is 5.44. The molecule has 1 saturated heterocycles. The molecular weight excluding hydrogens is 444 g/mol. The van der Waals surface area contributed by atoms with Crippen LogP contribution in [0.4, 0.5) is 0 Å². The lowest BCUT2D eigenvalue weighted by atomic mass is 10.1. The number of thiophene rings is 1. The van der Waals surface area contributed by atoms with Crippen molar-refractivity contribution in [3.8, 4) is 27.4 Å². The molecule has 0 N–H and O–H groups in total. The maximum Gasteiger partial charge on any atom is 0.179 e. The number of fused-ring (bicyclic) bond motifs is 1. The molecule has 8 heteroatoms. The first-order valence-corrected chi connectivity index (χ1v) is 11.9. The minimum atomic E-state index is 0.371. The lowest BCUT2D eigenvalue weighted by molar-refractivity contribution is 0.0358. The van der Waals surface area contributed by atoms with Crippen LogP contribution in [0.5, 0.6) is 5.75 Å². The molecule has 0 bridgehead atoms. The average Bonchev–Trinajstić information content (AvgIpc) is 3.37. The number of pyridine rings is 1. The second-order valence-corrected chi connectivity index (χ2v) is 8.89. The van der Waals surface area contributed by atoms with Crippen LogP contribution >= 0.6 is 22.9 Å². The number of halogens is 1. The van der Waals surface area contributed by atoms with Gasteiger partial charge in [-0.2, -0.15) is 0 Å². The first-order chi connectivity index (χ1) is 15.8. The summed E-state index contributed by atoms with van der Waals surface area (Å²) in [5.74, 6) is 0.871. The van der Waals surface area contributed by atoms with E-state index in [9.17, 15) is 0 Å². The Hall–Kier alpha value is -2.58. The van der Waals surface area contributed by atoms with Crippen molar-refractivity contribution in [3.05, 3.63) is 59.2 Å². The summed E-state index contributed by atoms with van der Waals surface area (Å²) in [5, 5.41) is 2.37. The summed E-state index contributed by atoms with van der Waals surface area (Å²) in [7, 11) is 0. The Labute approximate surface area is 195 Å². The molecule has 1 aromatic carbocycles. The number of aromatic nitrogens is 3. The van der Waals surface area contributed by atoms with E-state index in [1.807, 2.05) is 47.8 Å². The SMILES string of the molecule is Clc1nc2ncc(-c3ccc(OCCCN4CCOCC4)cc3)cc2nc1-c1cccs1.